The van der Waals surface area contributed by atoms with Crippen LogP contribution in [0.15, 0.2) is 28.5 Å². The molecule has 2 aromatic rings. The molecule has 0 saturated heterocycles. The van der Waals surface area contributed by atoms with Crippen LogP contribution in [0.3, 0.4) is 0 Å². The smallest absolute Gasteiger partial charge is 0.106 e. The number of aryl methyl sites for hydroxylation is 1. The number of hydrogen-bond acceptors (Lipinski definition) is 4. The van der Waals surface area contributed by atoms with E-state index in [4.69, 9.17) is 17.3 Å². The van der Waals surface area contributed by atoms with Gasteiger partial charge in [-0.15, -0.1) is 11.3 Å². The summed E-state index contributed by atoms with van der Waals surface area (Å²) >= 11 is 7.31. The van der Waals surface area contributed by atoms with Crippen LogP contribution in [0.4, 0.5) is 5.69 Å². The van der Waals surface area contributed by atoms with Crippen molar-refractivity contribution in [1.29, 1.82) is 0 Å². The second kappa shape index (κ2) is 5.16. The van der Waals surface area contributed by atoms with Crippen molar-refractivity contribution in [3.8, 4) is 0 Å². The van der Waals surface area contributed by atoms with Gasteiger partial charge in [0.1, 0.15) is 5.01 Å². The van der Waals surface area contributed by atoms with Crippen LogP contribution in [-0.2, 0) is 16.6 Å². The number of nitrogens with two attached hydrogens (primary N) is 1. The molecule has 0 aliphatic rings. The summed E-state index contributed by atoms with van der Waals surface area (Å²) in [5.41, 5.74) is 7.20. The molecule has 2 N–H and O–H groups in total. The number of hydrogen-bond donors (Lipinski definition) is 1. The number of halogens is 1. The molecule has 0 aliphatic heterocycles. The number of aromatic nitrogens is 1. The lowest BCUT2D eigenvalue weighted by Crippen LogP contribution is -2.00. The third kappa shape index (κ3) is 3.06. The average Bonchev–Trinajstić information content (AvgIpc) is 2.63. The van der Waals surface area contributed by atoms with Crippen molar-refractivity contribution in [3.63, 3.8) is 0 Å². The van der Waals surface area contributed by atoms with Crippen LogP contribution in [0.1, 0.15) is 10.7 Å². The Morgan fingerprint density at radius 2 is 2.29 bits per heavy atom. The van der Waals surface area contributed by atoms with Crippen LogP contribution in [0, 0.1) is 6.92 Å². The van der Waals surface area contributed by atoms with Gasteiger partial charge in [-0.25, -0.2) is 4.98 Å². The molecular weight excluding hydrogens is 276 g/mol. The number of anilines is 1. The summed E-state index contributed by atoms with van der Waals surface area (Å²) in [5, 5.41) is 3.35. The van der Waals surface area contributed by atoms with E-state index in [2.05, 4.69) is 4.98 Å². The molecular formula is C11H11ClN2OS2. The monoisotopic (exact) mass is 286 g/mol. The maximum absolute atomic E-state index is 12.1. The second-order valence-corrected chi connectivity index (χ2v) is 6.35. The number of nitrogens with zero attached hydrogens (tertiary/aromatic N) is 1. The maximum Gasteiger partial charge on any atom is 0.106 e. The molecule has 6 heteroatoms. The molecule has 0 amide bonds. The van der Waals surface area contributed by atoms with Crippen LogP contribution in [0.2, 0.25) is 5.02 Å². The lowest BCUT2D eigenvalue weighted by atomic mass is 10.3. The van der Waals surface area contributed by atoms with E-state index in [9.17, 15) is 4.21 Å². The number of thiazole rings is 1. The Labute approximate surface area is 111 Å². The van der Waals surface area contributed by atoms with Gasteiger partial charge in [0.15, 0.2) is 0 Å². The molecule has 2 rings (SSSR count). The predicted octanol–water partition coefficient (Wildman–Crippen LogP) is 2.99. The van der Waals surface area contributed by atoms with Crippen LogP contribution in [0.25, 0.3) is 0 Å². The molecule has 1 heterocycles. The fourth-order valence-corrected chi connectivity index (χ4v) is 3.70. The molecule has 17 heavy (non-hydrogen) atoms. The Balaban J connectivity index is 2.20. The third-order valence-corrected chi connectivity index (χ3v) is 4.92. The average molecular weight is 287 g/mol. The zero-order chi connectivity index (χ0) is 12.4. The Morgan fingerprint density at radius 3 is 2.88 bits per heavy atom. The zero-order valence-corrected chi connectivity index (χ0v) is 11.5. The molecule has 1 aromatic heterocycles. The van der Waals surface area contributed by atoms with E-state index in [-0.39, 0.29) is 0 Å². The van der Waals surface area contributed by atoms with Crippen LogP contribution in [-0.4, -0.2) is 9.19 Å². The molecule has 1 aromatic carbocycles. The van der Waals surface area contributed by atoms with E-state index >= 15 is 0 Å². The van der Waals surface area contributed by atoms with Crippen LogP contribution >= 0.6 is 22.9 Å². The lowest BCUT2D eigenvalue weighted by molar-refractivity contribution is 0.682. The highest BCUT2D eigenvalue weighted by atomic mass is 35.5. The normalized spacial score (nSPS) is 12.6. The van der Waals surface area contributed by atoms with Crippen molar-refractivity contribution < 1.29 is 4.21 Å². The highest BCUT2D eigenvalue weighted by Crippen LogP contribution is 2.23. The van der Waals surface area contributed by atoms with Crippen molar-refractivity contribution in [3.05, 3.63) is 39.3 Å². The Morgan fingerprint density at radius 1 is 1.53 bits per heavy atom. The summed E-state index contributed by atoms with van der Waals surface area (Å²) in [7, 11) is -1.18. The lowest BCUT2D eigenvalue weighted by Gasteiger charge is -2.04. The van der Waals surface area contributed by atoms with Gasteiger partial charge in [-0.05, 0) is 25.1 Å². The Bertz CT molecular complexity index is 568. The van der Waals surface area contributed by atoms with E-state index in [0.29, 0.717) is 21.4 Å². The number of nitrogen functional groups attached to an aromatic ring is 1. The molecule has 0 saturated carbocycles. The Kier molecular flexibility index (Phi) is 3.81. The zero-order valence-electron chi connectivity index (χ0n) is 9.14. The summed E-state index contributed by atoms with van der Waals surface area (Å²) in [5.74, 6) is 0.393. The number of benzene rings is 1. The molecule has 0 bridgehead atoms. The van der Waals surface area contributed by atoms with E-state index in [0.717, 1.165) is 10.7 Å². The molecule has 3 nitrogen and oxygen atoms in total. The van der Waals surface area contributed by atoms with Gasteiger partial charge >= 0.3 is 0 Å². The van der Waals surface area contributed by atoms with E-state index < -0.39 is 10.8 Å². The van der Waals surface area contributed by atoms with Crippen molar-refractivity contribution in [2.75, 3.05) is 5.73 Å². The summed E-state index contributed by atoms with van der Waals surface area (Å²) in [4.78, 5) is 4.90. The quantitative estimate of drug-likeness (QED) is 0.883. The van der Waals surface area contributed by atoms with Crippen LogP contribution in [0.5, 0.6) is 0 Å². The molecule has 0 spiro atoms. The van der Waals surface area contributed by atoms with Gasteiger partial charge in [0.25, 0.3) is 0 Å². The van der Waals surface area contributed by atoms with Crippen molar-refractivity contribution in [2.24, 2.45) is 0 Å². The summed E-state index contributed by atoms with van der Waals surface area (Å²) in [6.45, 7) is 1.92. The topological polar surface area (TPSA) is 56.0 Å². The van der Waals surface area contributed by atoms with Gasteiger partial charge in [-0.1, -0.05) is 11.6 Å². The molecule has 0 fully saturated rings. The minimum Gasteiger partial charge on any atom is -0.398 e. The molecule has 1 unspecified atom stereocenters. The first-order chi connectivity index (χ1) is 8.06. The fourth-order valence-electron chi connectivity index (χ4n) is 1.39. The van der Waals surface area contributed by atoms with Gasteiger partial charge in [0, 0.05) is 21.8 Å². The third-order valence-electron chi connectivity index (χ3n) is 2.14. The molecule has 0 aliphatic carbocycles. The number of rotatable bonds is 3. The summed E-state index contributed by atoms with van der Waals surface area (Å²) < 4.78 is 12.1. The molecule has 0 radical (unpaired) electrons. The van der Waals surface area contributed by atoms with Gasteiger partial charge in [0.05, 0.1) is 21.4 Å². The van der Waals surface area contributed by atoms with E-state index in [1.54, 1.807) is 18.2 Å². The molecule has 90 valence electrons. The standard InChI is InChI=1S/C11H11ClN2OS2/c1-7-5-16-11(14-7)6-17(15)10-3-2-8(12)4-9(10)13/h2-5H,6,13H2,1H3. The van der Waals surface area contributed by atoms with E-state index in [1.165, 1.54) is 11.3 Å². The Hall–Kier alpha value is -0.910. The molecule has 1 atom stereocenters. The highest BCUT2D eigenvalue weighted by molar-refractivity contribution is 7.84. The second-order valence-electron chi connectivity index (χ2n) is 3.55. The van der Waals surface area contributed by atoms with E-state index in [1.807, 2.05) is 12.3 Å². The van der Waals surface area contributed by atoms with Gasteiger partial charge in [-0.2, -0.15) is 0 Å². The first-order valence-corrected chi connectivity index (χ1v) is 7.48. The SMILES string of the molecule is Cc1csc(CS(=O)c2ccc(Cl)cc2N)n1. The van der Waals surface area contributed by atoms with Crippen molar-refractivity contribution in [1.82, 2.24) is 4.98 Å². The van der Waals surface area contributed by atoms with Gasteiger partial charge in [-0.3, -0.25) is 4.21 Å². The first kappa shape index (κ1) is 12.5. The first-order valence-electron chi connectivity index (χ1n) is 4.90. The van der Waals surface area contributed by atoms with Crippen molar-refractivity contribution >= 4 is 39.4 Å². The minimum absolute atomic E-state index is 0.393. The van der Waals surface area contributed by atoms with Crippen molar-refractivity contribution in [2.45, 2.75) is 17.6 Å². The predicted molar refractivity (Wildman–Crippen MR) is 72.8 cm³/mol. The fraction of sp³-hybridized carbons (Fsp3) is 0.182. The highest BCUT2D eigenvalue weighted by Gasteiger charge is 2.11. The minimum atomic E-state index is -1.18. The summed E-state index contributed by atoms with van der Waals surface area (Å²) in [6, 6.07) is 5.01. The summed E-state index contributed by atoms with van der Waals surface area (Å²) in [6.07, 6.45) is 0. The largest absolute Gasteiger partial charge is 0.398 e. The van der Waals surface area contributed by atoms with Gasteiger partial charge < -0.3 is 5.73 Å². The van der Waals surface area contributed by atoms with Crippen LogP contribution < -0.4 is 5.73 Å². The van der Waals surface area contributed by atoms with Gasteiger partial charge in [0.2, 0.25) is 0 Å². The maximum atomic E-state index is 12.1.